The monoisotopic (exact) mass is 280 g/mol. The van der Waals surface area contributed by atoms with E-state index in [-0.39, 0.29) is 5.78 Å². The molecule has 1 heterocycles. The standard InChI is InChI=1S/C15H21ClN2O/c1-3-12-10-18(9-8-17(12)2)11-15(19)13-6-4-5-7-14(13)16/h4-7,12H,3,8-11H2,1-2H3. The van der Waals surface area contributed by atoms with E-state index < -0.39 is 0 Å². The summed E-state index contributed by atoms with van der Waals surface area (Å²) in [5.41, 5.74) is 0.635. The minimum Gasteiger partial charge on any atom is -0.301 e. The van der Waals surface area contributed by atoms with Crippen molar-refractivity contribution >= 4 is 17.4 Å². The van der Waals surface area contributed by atoms with Crippen molar-refractivity contribution in [1.82, 2.24) is 9.80 Å². The quantitative estimate of drug-likeness (QED) is 0.792. The topological polar surface area (TPSA) is 23.6 Å². The van der Waals surface area contributed by atoms with Crippen LogP contribution in [0.4, 0.5) is 0 Å². The van der Waals surface area contributed by atoms with E-state index in [0.29, 0.717) is 23.2 Å². The van der Waals surface area contributed by atoms with Crippen LogP contribution in [0, 0.1) is 0 Å². The smallest absolute Gasteiger partial charge is 0.178 e. The third-order valence-corrected chi connectivity index (χ3v) is 4.20. The van der Waals surface area contributed by atoms with Crippen LogP contribution in [0.25, 0.3) is 0 Å². The lowest BCUT2D eigenvalue weighted by molar-refractivity contribution is 0.0743. The molecule has 104 valence electrons. The molecule has 0 aliphatic carbocycles. The molecule has 4 heteroatoms. The van der Waals surface area contributed by atoms with E-state index in [4.69, 9.17) is 11.6 Å². The van der Waals surface area contributed by atoms with Gasteiger partial charge >= 0.3 is 0 Å². The van der Waals surface area contributed by atoms with Gasteiger partial charge in [-0.05, 0) is 25.6 Å². The van der Waals surface area contributed by atoms with Crippen LogP contribution in [0.3, 0.4) is 0 Å². The average Bonchev–Trinajstić information content (AvgIpc) is 2.41. The zero-order valence-corrected chi connectivity index (χ0v) is 12.4. The molecular formula is C15H21ClN2O. The Labute approximate surface area is 120 Å². The number of hydrogen-bond donors (Lipinski definition) is 0. The Bertz CT molecular complexity index is 450. The van der Waals surface area contributed by atoms with Crippen LogP contribution < -0.4 is 0 Å². The number of carbonyl (C=O) groups excluding carboxylic acids is 1. The molecule has 0 amide bonds. The Kier molecular flexibility index (Phi) is 4.97. The van der Waals surface area contributed by atoms with Crippen LogP contribution in [-0.4, -0.2) is 54.9 Å². The highest BCUT2D eigenvalue weighted by atomic mass is 35.5. The molecule has 1 aliphatic heterocycles. The van der Waals surface area contributed by atoms with Gasteiger partial charge in [0.2, 0.25) is 0 Å². The maximum absolute atomic E-state index is 12.3. The van der Waals surface area contributed by atoms with E-state index in [1.165, 1.54) is 0 Å². The van der Waals surface area contributed by atoms with Crippen LogP contribution >= 0.6 is 11.6 Å². The minimum absolute atomic E-state index is 0.116. The van der Waals surface area contributed by atoms with Crippen LogP contribution in [0.5, 0.6) is 0 Å². The number of Topliss-reactive ketones (excluding diaryl/α,β-unsaturated/α-hetero) is 1. The molecule has 1 fully saturated rings. The Hall–Kier alpha value is -0.900. The number of hydrogen-bond acceptors (Lipinski definition) is 3. The van der Waals surface area contributed by atoms with Gasteiger partial charge in [-0.15, -0.1) is 0 Å². The fourth-order valence-electron chi connectivity index (χ4n) is 2.57. The molecule has 1 aliphatic rings. The largest absolute Gasteiger partial charge is 0.301 e. The van der Waals surface area contributed by atoms with Gasteiger partial charge in [-0.25, -0.2) is 0 Å². The number of rotatable bonds is 4. The minimum atomic E-state index is 0.116. The molecule has 19 heavy (non-hydrogen) atoms. The highest BCUT2D eigenvalue weighted by Gasteiger charge is 2.24. The number of piperazine rings is 1. The molecule has 1 atom stereocenters. The number of ketones is 1. The lowest BCUT2D eigenvalue weighted by Gasteiger charge is -2.38. The van der Waals surface area contributed by atoms with E-state index in [1.807, 2.05) is 12.1 Å². The van der Waals surface area contributed by atoms with Gasteiger partial charge in [0.25, 0.3) is 0 Å². The predicted molar refractivity (Wildman–Crippen MR) is 78.9 cm³/mol. The zero-order valence-electron chi connectivity index (χ0n) is 11.6. The summed E-state index contributed by atoms with van der Waals surface area (Å²) in [6.45, 7) is 5.59. The number of benzene rings is 1. The molecule has 2 rings (SSSR count). The average molecular weight is 281 g/mol. The summed E-state index contributed by atoms with van der Waals surface area (Å²) < 4.78 is 0. The Morgan fingerprint density at radius 3 is 2.79 bits per heavy atom. The molecule has 0 radical (unpaired) electrons. The molecular weight excluding hydrogens is 260 g/mol. The Morgan fingerprint density at radius 2 is 2.11 bits per heavy atom. The van der Waals surface area contributed by atoms with Crippen molar-refractivity contribution in [3.05, 3.63) is 34.9 Å². The summed E-state index contributed by atoms with van der Waals surface area (Å²) in [5.74, 6) is 0.116. The first-order chi connectivity index (χ1) is 9.11. The molecule has 0 aromatic heterocycles. The normalized spacial score (nSPS) is 21.5. The van der Waals surface area contributed by atoms with E-state index in [0.717, 1.165) is 26.1 Å². The van der Waals surface area contributed by atoms with Gasteiger partial charge in [-0.3, -0.25) is 9.69 Å². The van der Waals surface area contributed by atoms with E-state index >= 15 is 0 Å². The maximum Gasteiger partial charge on any atom is 0.178 e. The predicted octanol–water partition coefficient (Wildman–Crippen LogP) is 2.55. The number of likely N-dealkylation sites (N-methyl/N-ethyl adjacent to an activating group) is 1. The van der Waals surface area contributed by atoms with Gasteiger partial charge in [-0.2, -0.15) is 0 Å². The molecule has 0 spiro atoms. The van der Waals surface area contributed by atoms with Gasteiger partial charge in [-0.1, -0.05) is 30.7 Å². The number of nitrogens with zero attached hydrogens (tertiary/aromatic N) is 2. The van der Waals surface area contributed by atoms with Gasteiger partial charge < -0.3 is 4.90 Å². The SMILES string of the molecule is CCC1CN(CC(=O)c2ccccc2Cl)CCN1C. The van der Waals surface area contributed by atoms with Gasteiger partial charge in [0.05, 0.1) is 11.6 Å². The first kappa shape index (κ1) is 14.5. The third-order valence-electron chi connectivity index (χ3n) is 3.87. The summed E-state index contributed by atoms with van der Waals surface area (Å²) >= 11 is 6.07. The molecule has 3 nitrogen and oxygen atoms in total. The van der Waals surface area contributed by atoms with Crippen molar-refractivity contribution in [2.24, 2.45) is 0 Å². The van der Waals surface area contributed by atoms with Crippen LogP contribution in [-0.2, 0) is 0 Å². The van der Waals surface area contributed by atoms with Crippen LogP contribution in [0.2, 0.25) is 5.02 Å². The fraction of sp³-hybridized carbons (Fsp3) is 0.533. The Balaban J connectivity index is 1.98. The van der Waals surface area contributed by atoms with Gasteiger partial charge in [0.15, 0.2) is 5.78 Å². The first-order valence-corrected chi connectivity index (χ1v) is 7.20. The summed E-state index contributed by atoms with van der Waals surface area (Å²) in [7, 11) is 2.15. The van der Waals surface area contributed by atoms with E-state index in [9.17, 15) is 4.79 Å². The summed E-state index contributed by atoms with van der Waals surface area (Å²) in [6.07, 6.45) is 1.12. The Morgan fingerprint density at radius 1 is 1.37 bits per heavy atom. The molecule has 0 N–H and O–H groups in total. The highest BCUT2D eigenvalue weighted by molar-refractivity contribution is 6.34. The maximum atomic E-state index is 12.3. The molecule has 1 aromatic rings. The second-order valence-corrected chi connectivity index (χ2v) is 5.59. The molecule has 1 unspecified atom stereocenters. The molecule has 0 saturated carbocycles. The summed E-state index contributed by atoms with van der Waals surface area (Å²) in [6, 6.07) is 7.83. The first-order valence-electron chi connectivity index (χ1n) is 6.82. The zero-order chi connectivity index (χ0) is 13.8. The van der Waals surface area contributed by atoms with Crippen molar-refractivity contribution in [2.45, 2.75) is 19.4 Å². The second kappa shape index (κ2) is 6.51. The second-order valence-electron chi connectivity index (χ2n) is 5.18. The van der Waals surface area contributed by atoms with Gasteiger partial charge in [0.1, 0.15) is 0 Å². The number of halogens is 1. The van der Waals surface area contributed by atoms with Crippen molar-refractivity contribution in [1.29, 1.82) is 0 Å². The molecule has 1 aromatic carbocycles. The van der Waals surface area contributed by atoms with E-state index in [2.05, 4.69) is 23.8 Å². The lowest BCUT2D eigenvalue weighted by atomic mass is 10.1. The fourth-order valence-corrected chi connectivity index (χ4v) is 2.81. The third kappa shape index (κ3) is 3.56. The van der Waals surface area contributed by atoms with Crippen molar-refractivity contribution in [2.75, 3.05) is 33.2 Å². The van der Waals surface area contributed by atoms with Crippen LogP contribution in [0.1, 0.15) is 23.7 Å². The molecule has 0 bridgehead atoms. The van der Waals surface area contributed by atoms with Crippen molar-refractivity contribution in [3.63, 3.8) is 0 Å². The van der Waals surface area contributed by atoms with Crippen LogP contribution in [0.15, 0.2) is 24.3 Å². The lowest BCUT2D eigenvalue weighted by Crippen LogP contribution is -2.52. The van der Waals surface area contributed by atoms with E-state index in [1.54, 1.807) is 12.1 Å². The highest BCUT2D eigenvalue weighted by Crippen LogP contribution is 2.17. The summed E-state index contributed by atoms with van der Waals surface area (Å²) in [4.78, 5) is 16.9. The summed E-state index contributed by atoms with van der Waals surface area (Å²) in [5, 5.41) is 0.550. The van der Waals surface area contributed by atoms with Crippen molar-refractivity contribution < 1.29 is 4.79 Å². The molecule has 1 saturated heterocycles. The van der Waals surface area contributed by atoms with Crippen molar-refractivity contribution in [3.8, 4) is 0 Å². The van der Waals surface area contributed by atoms with Gasteiger partial charge in [0, 0.05) is 31.2 Å². The number of carbonyl (C=O) groups is 1.